The molecule has 24 heavy (non-hydrogen) atoms. The van der Waals surface area contributed by atoms with E-state index in [1.54, 1.807) is 0 Å². The molecule has 2 aliphatic heterocycles. The molecule has 0 saturated carbocycles. The molecule has 0 unspecified atom stereocenters. The van der Waals surface area contributed by atoms with Crippen LogP contribution in [-0.2, 0) is 4.74 Å². The summed E-state index contributed by atoms with van der Waals surface area (Å²) < 4.78 is 5.40. The number of piperazine rings is 1. The van der Waals surface area contributed by atoms with Gasteiger partial charge in [0.15, 0.2) is 0 Å². The van der Waals surface area contributed by atoms with E-state index in [-0.39, 0.29) is 0 Å². The number of nitrogen functional groups attached to an aromatic ring is 2. The van der Waals surface area contributed by atoms with Crippen LogP contribution in [0.2, 0.25) is 0 Å². The molecule has 1 aromatic carbocycles. The molecule has 0 spiro atoms. The molecule has 0 radical (unpaired) electrons. The Morgan fingerprint density at radius 2 is 1.54 bits per heavy atom. The van der Waals surface area contributed by atoms with Gasteiger partial charge >= 0.3 is 0 Å². The molecule has 0 atom stereocenters. The molecule has 2 fully saturated rings. The fraction of sp³-hybridized carbons (Fsp3) is 0.556. The second-order valence-corrected chi connectivity index (χ2v) is 6.57. The first kappa shape index (κ1) is 17.1. The fourth-order valence-corrected chi connectivity index (χ4v) is 3.29. The quantitative estimate of drug-likeness (QED) is 0.777. The number of hydrogen-bond donors (Lipinski definition) is 2. The van der Waals surface area contributed by atoms with Crippen LogP contribution in [0.3, 0.4) is 0 Å². The Bertz CT molecular complexity index is 563. The molecule has 0 aromatic heterocycles. The van der Waals surface area contributed by atoms with Gasteiger partial charge in [0.25, 0.3) is 0 Å². The number of nitrogens with two attached hydrogens (primary N) is 2. The number of morpholine rings is 1. The van der Waals surface area contributed by atoms with Crippen molar-refractivity contribution in [2.24, 2.45) is 0 Å². The van der Waals surface area contributed by atoms with Gasteiger partial charge in [-0.25, -0.2) is 0 Å². The van der Waals surface area contributed by atoms with Crippen molar-refractivity contribution in [1.82, 2.24) is 14.7 Å². The molecular weight excluding hydrogens is 302 g/mol. The summed E-state index contributed by atoms with van der Waals surface area (Å²) in [5, 5.41) is 0. The highest BCUT2D eigenvalue weighted by Crippen LogP contribution is 2.24. The van der Waals surface area contributed by atoms with Gasteiger partial charge in [-0.2, -0.15) is 0 Å². The molecule has 6 heteroatoms. The van der Waals surface area contributed by atoms with Crippen LogP contribution >= 0.6 is 0 Å². The van der Waals surface area contributed by atoms with Crippen LogP contribution in [0.25, 0.3) is 5.70 Å². The number of anilines is 2. The first-order valence-corrected chi connectivity index (χ1v) is 8.75. The molecule has 6 nitrogen and oxygen atoms in total. The summed E-state index contributed by atoms with van der Waals surface area (Å²) in [5.74, 6) is 0. The molecule has 2 aliphatic rings. The van der Waals surface area contributed by atoms with Crippen molar-refractivity contribution in [1.29, 1.82) is 0 Å². The topological polar surface area (TPSA) is 71.0 Å². The van der Waals surface area contributed by atoms with Gasteiger partial charge in [0, 0.05) is 58.1 Å². The number of hydrogen-bond acceptors (Lipinski definition) is 6. The SMILES string of the molecule is C=C(c1ccc(N)c(N)c1)N1CCN(CCN2CCOCC2)CC1. The second kappa shape index (κ2) is 7.88. The standard InChI is InChI=1S/C18H29N5O/c1-15(16-2-3-17(19)18(20)14-16)23-8-6-21(7-9-23)4-5-22-10-12-24-13-11-22/h2-3,14H,1,4-13,19-20H2. The summed E-state index contributed by atoms with van der Waals surface area (Å²) in [7, 11) is 0. The van der Waals surface area contributed by atoms with Crippen molar-refractivity contribution in [2.75, 3.05) is 77.0 Å². The molecule has 132 valence electrons. The van der Waals surface area contributed by atoms with E-state index in [0.717, 1.165) is 76.8 Å². The first-order chi connectivity index (χ1) is 11.6. The van der Waals surface area contributed by atoms with E-state index in [0.29, 0.717) is 11.4 Å². The predicted molar refractivity (Wildman–Crippen MR) is 99.6 cm³/mol. The molecule has 1 aromatic rings. The van der Waals surface area contributed by atoms with Crippen LogP contribution < -0.4 is 11.5 Å². The molecular formula is C18H29N5O. The maximum atomic E-state index is 5.91. The van der Waals surface area contributed by atoms with Gasteiger partial charge < -0.3 is 21.1 Å². The number of rotatable bonds is 5. The highest BCUT2D eigenvalue weighted by atomic mass is 16.5. The lowest BCUT2D eigenvalue weighted by Gasteiger charge is -2.38. The van der Waals surface area contributed by atoms with E-state index >= 15 is 0 Å². The third kappa shape index (κ3) is 4.20. The van der Waals surface area contributed by atoms with Crippen LogP contribution in [0.5, 0.6) is 0 Å². The van der Waals surface area contributed by atoms with Crippen molar-refractivity contribution in [3.05, 3.63) is 30.3 Å². The van der Waals surface area contributed by atoms with Crippen molar-refractivity contribution in [2.45, 2.75) is 0 Å². The molecule has 2 saturated heterocycles. The van der Waals surface area contributed by atoms with Gasteiger partial charge in [0.05, 0.1) is 24.6 Å². The second-order valence-electron chi connectivity index (χ2n) is 6.57. The number of nitrogens with zero attached hydrogens (tertiary/aromatic N) is 3. The average Bonchev–Trinajstić information content (AvgIpc) is 2.63. The van der Waals surface area contributed by atoms with Crippen molar-refractivity contribution in [3.63, 3.8) is 0 Å². The maximum Gasteiger partial charge on any atom is 0.0594 e. The summed E-state index contributed by atoms with van der Waals surface area (Å²) in [6.45, 7) is 14.6. The van der Waals surface area contributed by atoms with Gasteiger partial charge in [-0.15, -0.1) is 0 Å². The van der Waals surface area contributed by atoms with E-state index in [9.17, 15) is 0 Å². The van der Waals surface area contributed by atoms with Gasteiger partial charge in [0.1, 0.15) is 0 Å². The van der Waals surface area contributed by atoms with E-state index in [1.165, 1.54) is 0 Å². The van der Waals surface area contributed by atoms with Gasteiger partial charge in [-0.3, -0.25) is 9.80 Å². The Balaban J connectivity index is 1.45. The lowest BCUT2D eigenvalue weighted by molar-refractivity contribution is 0.0313. The molecule has 2 heterocycles. The van der Waals surface area contributed by atoms with Crippen LogP contribution in [0.1, 0.15) is 5.56 Å². The Morgan fingerprint density at radius 3 is 2.17 bits per heavy atom. The summed E-state index contributed by atoms with van der Waals surface area (Å²) in [5.41, 5.74) is 15.1. The Kier molecular flexibility index (Phi) is 5.60. The number of ether oxygens (including phenoxy) is 1. The maximum absolute atomic E-state index is 5.91. The summed E-state index contributed by atoms with van der Waals surface area (Å²) in [6.07, 6.45) is 0. The van der Waals surface area contributed by atoms with E-state index < -0.39 is 0 Å². The van der Waals surface area contributed by atoms with E-state index in [4.69, 9.17) is 16.2 Å². The highest BCUT2D eigenvalue weighted by Gasteiger charge is 2.20. The number of benzene rings is 1. The van der Waals surface area contributed by atoms with Crippen LogP contribution in [0, 0.1) is 0 Å². The first-order valence-electron chi connectivity index (χ1n) is 8.75. The molecule has 0 bridgehead atoms. The van der Waals surface area contributed by atoms with E-state index in [2.05, 4.69) is 21.3 Å². The van der Waals surface area contributed by atoms with Gasteiger partial charge in [0.2, 0.25) is 0 Å². The summed E-state index contributed by atoms with van der Waals surface area (Å²) in [4.78, 5) is 7.37. The van der Waals surface area contributed by atoms with Crippen molar-refractivity contribution in [3.8, 4) is 0 Å². The van der Waals surface area contributed by atoms with E-state index in [1.807, 2.05) is 18.2 Å². The van der Waals surface area contributed by atoms with Crippen molar-refractivity contribution >= 4 is 17.1 Å². The lowest BCUT2D eigenvalue weighted by Crippen LogP contribution is -2.48. The third-order valence-electron chi connectivity index (χ3n) is 5.01. The molecule has 4 N–H and O–H groups in total. The zero-order valence-electron chi connectivity index (χ0n) is 14.4. The van der Waals surface area contributed by atoms with Gasteiger partial charge in [-0.1, -0.05) is 12.6 Å². The summed E-state index contributed by atoms with van der Waals surface area (Å²) in [6, 6.07) is 5.77. The Morgan fingerprint density at radius 1 is 0.917 bits per heavy atom. The van der Waals surface area contributed by atoms with Crippen LogP contribution in [0.4, 0.5) is 11.4 Å². The van der Waals surface area contributed by atoms with Crippen LogP contribution in [-0.4, -0.2) is 80.3 Å². The minimum Gasteiger partial charge on any atom is -0.397 e. The zero-order valence-corrected chi connectivity index (χ0v) is 14.4. The normalized spacial score (nSPS) is 20.2. The lowest BCUT2D eigenvalue weighted by atomic mass is 10.1. The average molecular weight is 331 g/mol. The fourth-order valence-electron chi connectivity index (χ4n) is 3.29. The molecule has 0 amide bonds. The monoisotopic (exact) mass is 331 g/mol. The predicted octanol–water partition coefficient (Wildman–Crippen LogP) is 0.772. The van der Waals surface area contributed by atoms with Gasteiger partial charge in [-0.05, 0) is 17.7 Å². The highest BCUT2D eigenvalue weighted by molar-refractivity contribution is 5.72. The zero-order chi connectivity index (χ0) is 16.9. The summed E-state index contributed by atoms with van der Waals surface area (Å²) >= 11 is 0. The minimum atomic E-state index is 0.623. The molecule has 0 aliphatic carbocycles. The molecule has 3 rings (SSSR count). The third-order valence-corrected chi connectivity index (χ3v) is 5.01. The minimum absolute atomic E-state index is 0.623. The smallest absolute Gasteiger partial charge is 0.0594 e. The van der Waals surface area contributed by atoms with Crippen molar-refractivity contribution < 1.29 is 4.74 Å². The largest absolute Gasteiger partial charge is 0.397 e. The van der Waals surface area contributed by atoms with Crippen LogP contribution in [0.15, 0.2) is 24.8 Å². The Hall–Kier alpha value is -1.76. The Labute approximate surface area is 144 Å².